The Morgan fingerprint density at radius 3 is 2.84 bits per heavy atom. The number of rotatable bonds is 6. The highest BCUT2D eigenvalue weighted by Gasteiger charge is 2.25. The molecule has 184 valence electrons. The fourth-order valence-electron chi connectivity index (χ4n) is 4.42. The number of thiophene rings is 1. The van der Waals surface area contributed by atoms with Gasteiger partial charge < -0.3 is 0 Å². The zero-order valence-electron chi connectivity index (χ0n) is 19.9. The van der Waals surface area contributed by atoms with E-state index < -0.39 is 10.0 Å². The van der Waals surface area contributed by atoms with Crippen molar-refractivity contribution in [1.82, 2.24) is 29.7 Å². The molecule has 0 spiro atoms. The van der Waals surface area contributed by atoms with Gasteiger partial charge in [0.1, 0.15) is 12.7 Å². The van der Waals surface area contributed by atoms with E-state index in [0.29, 0.717) is 6.54 Å². The maximum Gasteiger partial charge on any atom is 0.241 e. The van der Waals surface area contributed by atoms with Gasteiger partial charge in [-0.15, -0.1) is 11.3 Å². The van der Waals surface area contributed by atoms with Crippen molar-refractivity contribution >= 4 is 21.4 Å². The third-order valence-corrected chi connectivity index (χ3v) is 8.51. The summed E-state index contributed by atoms with van der Waals surface area (Å²) in [7, 11) is -3.58. The summed E-state index contributed by atoms with van der Waals surface area (Å²) in [4.78, 5) is 5.10. The van der Waals surface area contributed by atoms with Crippen molar-refractivity contribution in [2.45, 2.75) is 24.8 Å². The molecule has 37 heavy (non-hydrogen) atoms. The number of nitrogens with one attached hydrogen (secondary N) is 2. The molecule has 3 heterocycles. The Morgan fingerprint density at radius 1 is 1.16 bits per heavy atom. The van der Waals surface area contributed by atoms with Crippen LogP contribution in [0.1, 0.15) is 27.1 Å². The Morgan fingerprint density at radius 2 is 2.03 bits per heavy atom. The van der Waals surface area contributed by atoms with Crippen LogP contribution in [0.3, 0.4) is 0 Å². The highest BCUT2D eigenvalue weighted by atomic mass is 32.2. The van der Waals surface area contributed by atoms with E-state index >= 15 is 0 Å². The Hall–Kier alpha value is -4.04. The molecular weight excluding hydrogens is 504 g/mol. The monoisotopic (exact) mass is 526 g/mol. The Bertz CT molecular complexity index is 1760. The lowest BCUT2D eigenvalue weighted by atomic mass is 10.1. The molecule has 1 aliphatic rings. The molecule has 0 saturated heterocycles. The van der Waals surface area contributed by atoms with Gasteiger partial charge in [0.2, 0.25) is 10.0 Å². The second-order valence-corrected chi connectivity index (χ2v) is 11.5. The smallest absolute Gasteiger partial charge is 0.241 e. The van der Waals surface area contributed by atoms with Crippen LogP contribution in [0.2, 0.25) is 0 Å². The predicted octanol–water partition coefficient (Wildman–Crippen LogP) is 3.99. The van der Waals surface area contributed by atoms with Gasteiger partial charge >= 0.3 is 0 Å². The molecular formula is C27H22N6O2S2. The van der Waals surface area contributed by atoms with Crippen LogP contribution in [-0.2, 0) is 23.0 Å². The van der Waals surface area contributed by atoms with E-state index in [1.807, 2.05) is 23.1 Å². The molecule has 5 aromatic rings. The highest BCUT2D eigenvalue weighted by Crippen LogP contribution is 2.41. The van der Waals surface area contributed by atoms with Crippen molar-refractivity contribution in [3.63, 3.8) is 0 Å². The summed E-state index contributed by atoms with van der Waals surface area (Å²) in [6.45, 7) is 2.63. The first kappa shape index (κ1) is 23.4. The summed E-state index contributed by atoms with van der Waals surface area (Å²) < 4.78 is 29.2. The van der Waals surface area contributed by atoms with Gasteiger partial charge in [0.05, 0.1) is 34.2 Å². The third kappa shape index (κ3) is 4.72. The molecule has 0 atom stereocenters. The van der Waals surface area contributed by atoms with Gasteiger partial charge in [-0.3, -0.25) is 5.10 Å². The number of H-pyrrole nitrogens is 1. The molecule has 3 aromatic heterocycles. The van der Waals surface area contributed by atoms with E-state index in [1.165, 1.54) is 33.6 Å². The van der Waals surface area contributed by atoms with Crippen LogP contribution in [-0.4, -0.2) is 39.9 Å². The molecule has 0 bridgehead atoms. The first-order valence-electron chi connectivity index (χ1n) is 11.6. The molecule has 1 aliphatic carbocycles. The van der Waals surface area contributed by atoms with Crippen molar-refractivity contribution in [1.29, 1.82) is 0 Å². The number of nitrogens with zero attached hydrogens (tertiary/aromatic N) is 4. The lowest BCUT2D eigenvalue weighted by molar-refractivity contribution is 0.586. The maximum atomic E-state index is 12.4. The number of sulfonamides is 1. The molecule has 2 N–H and O–H groups in total. The number of aromatic nitrogens is 5. The Kier molecular flexibility index (Phi) is 5.96. The standard InChI is InChI=1S/C27H22N6O2S2/c1-18-4-7-23(8-5-18)37(34,35)30-10-2-3-22-12-21(15-36-22)26-25-13-20-11-19(14-33-17-28-16-29-33)6-9-24(20)27(25)32-31-26/h4-9,11-12,15-17,30H,10,13-14H2,1H3,(H,31,32). The number of hydrogen-bond donors (Lipinski definition) is 2. The molecule has 0 unspecified atom stereocenters. The first-order valence-corrected chi connectivity index (χ1v) is 14.0. The zero-order valence-corrected chi connectivity index (χ0v) is 21.5. The van der Waals surface area contributed by atoms with Crippen LogP contribution in [0, 0.1) is 18.8 Å². The molecule has 6 rings (SSSR count). The highest BCUT2D eigenvalue weighted by molar-refractivity contribution is 7.89. The van der Waals surface area contributed by atoms with Crippen molar-refractivity contribution in [3.8, 4) is 34.4 Å². The van der Waals surface area contributed by atoms with E-state index in [-0.39, 0.29) is 11.4 Å². The average Bonchev–Trinajstić information content (AvgIpc) is 3.67. The van der Waals surface area contributed by atoms with Crippen LogP contribution < -0.4 is 4.72 Å². The Balaban J connectivity index is 1.14. The summed E-state index contributed by atoms with van der Waals surface area (Å²) in [6, 6.07) is 15.2. The van der Waals surface area contributed by atoms with Crippen molar-refractivity contribution in [3.05, 3.63) is 93.7 Å². The van der Waals surface area contributed by atoms with E-state index in [9.17, 15) is 8.42 Å². The van der Waals surface area contributed by atoms with Crippen molar-refractivity contribution < 1.29 is 8.42 Å². The minimum atomic E-state index is -3.58. The molecule has 2 aromatic carbocycles. The van der Waals surface area contributed by atoms with Gasteiger partial charge in [0.15, 0.2) is 0 Å². The normalized spacial score (nSPS) is 12.1. The van der Waals surface area contributed by atoms with Crippen LogP contribution in [0.5, 0.6) is 0 Å². The van der Waals surface area contributed by atoms with Crippen LogP contribution in [0.15, 0.2) is 71.5 Å². The summed E-state index contributed by atoms with van der Waals surface area (Å²) in [6.07, 6.45) is 4.06. The quantitative estimate of drug-likeness (QED) is 0.319. The van der Waals surface area contributed by atoms with Crippen LogP contribution >= 0.6 is 11.3 Å². The number of benzene rings is 2. The minimum absolute atomic E-state index is 0.0352. The average molecular weight is 527 g/mol. The van der Waals surface area contributed by atoms with Gasteiger partial charge in [-0.1, -0.05) is 47.7 Å². The first-order chi connectivity index (χ1) is 18.0. The number of hydrogen-bond acceptors (Lipinski definition) is 6. The van der Waals surface area contributed by atoms with Gasteiger partial charge in [0, 0.05) is 28.5 Å². The number of aromatic amines is 1. The van der Waals surface area contributed by atoms with E-state index in [4.69, 9.17) is 0 Å². The molecule has 0 aliphatic heterocycles. The summed E-state index contributed by atoms with van der Waals surface area (Å²) in [5.74, 6) is 5.98. The molecule has 8 nitrogen and oxygen atoms in total. The Labute approximate surface area is 218 Å². The molecule has 0 fully saturated rings. The van der Waals surface area contributed by atoms with E-state index in [2.05, 4.69) is 55.0 Å². The SMILES string of the molecule is Cc1ccc(S(=O)(=O)NCC#Cc2cc(-c3n[nH]c4c3Cc3cc(Cn5cncn5)ccc3-4)cs2)cc1. The summed E-state index contributed by atoms with van der Waals surface area (Å²) >= 11 is 1.52. The largest absolute Gasteiger partial charge is 0.277 e. The van der Waals surface area contributed by atoms with Crippen molar-refractivity contribution in [2.24, 2.45) is 0 Å². The minimum Gasteiger partial charge on any atom is -0.277 e. The van der Waals surface area contributed by atoms with Crippen LogP contribution in [0.4, 0.5) is 0 Å². The maximum absolute atomic E-state index is 12.4. The van der Waals surface area contributed by atoms with Gasteiger partial charge in [-0.25, -0.2) is 18.1 Å². The van der Waals surface area contributed by atoms with Crippen LogP contribution in [0.25, 0.3) is 22.5 Å². The molecule has 10 heteroatoms. The fourth-order valence-corrected chi connectivity index (χ4v) is 6.10. The predicted molar refractivity (Wildman–Crippen MR) is 143 cm³/mol. The van der Waals surface area contributed by atoms with Gasteiger partial charge in [0.25, 0.3) is 0 Å². The topological polar surface area (TPSA) is 106 Å². The fraction of sp³-hybridized carbons (Fsp3) is 0.148. The molecule has 0 amide bonds. The number of fused-ring (bicyclic) bond motifs is 3. The zero-order chi connectivity index (χ0) is 25.4. The lowest BCUT2D eigenvalue weighted by Crippen LogP contribution is -2.23. The van der Waals surface area contributed by atoms with Crippen molar-refractivity contribution in [2.75, 3.05) is 6.54 Å². The second-order valence-electron chi connectivity index (χ2n) is 8.83. The summed E-state index contributed by atoms with van der Waals surface area (Å²) in [5.41, 5.74) is 8.78. The van der Waals surface area contributed by atoms with Gasteiger partial charge in [-0.05, 0) is 36.2 Å². The molecule has 0 radical (unpaired) electrons. The third-order valence-electron chi connectivity index (χ3n) is 6.25. The summed E-state index contributed by atoms with van der Waals surface area (Å²) in [5, 5.41) is 14.0. The van der Waals surface area contributed by atoms with E-state index in [0.717, 1.165) is 33.8 Å². The molecule has 0 saturated carbocycles. The lowest BCUT2D eigenvalue weighted by Gasteiger charge is -2.05. The second kappa shape index (κ2) is 9.44. The van der Waals surface area contributed by atoms with E-state index in [1.54, 1.807) is 36.9 Å². The number of aryl methyl sites for hydroxylation is 1. The van der Waals surface area contributed by atoms with Gasteiger partial charge in [-0.2, -0.15) is 14.9 Å².